The molecule has 0 aromatic heterocycles. The SMILES string of the molecule is COc1cccc(OC)c1NC(=O)Nc1ccc(NC(C)=O)cc1. The molecule has 2 aromatic rings. The third-order valence-corrected chi connectivity index (χ3v) is 3.13. The normalized spacial score (nSPS) is 9.79. The van der Waals surface area contributed by atoms with Crippen molar-refractivity contribution in [2.45, 2.75) is 6.92 Å². The van der Waals surface area contributed by atoms with E-state index in [9.17, 15) is 9.59 Å². The fourth-order valence-electron chi connectivity index (χ4n) is 2.09. The monoisotopic (exact) mass is 329 g/mol. The van der Waals surface area contributed by atoms with E-state index in [1.807, 2.05) is 0 Å². The molecular formula is C17H19N3O4. The maximum absolute atomic E-state index is 12.2. The van der Waals surface area contributed by atoms with Crippen LogP contribution in [0.15, 0.2) is 42.5 Å². The fourth-order valence-corrected chi connectivity index (χ4v) is 2.09. The molecular weight excluding hydrogens is 310 g/mol. The Kier molecular flexibility index (Phi) is 5.62. The molecule has 2 rings (SSSR count). The van der Waals surface area contributed by atoms with E-state index in [1.165, 1.54) is 21.1 Å². The number of amides is 3. The Morgan fingerprint density at radius 1 is 0.792 bits per heavy atom. The number of nitrogens with one attached hydrogen (secondary N) is 3. The maximum Gasteiger partial charge on any atom is 0.323 e. The molecule has 0 aliphatic carbocycles. The molecule has 0 aliphatic rings. The van der Waals surface area contributed by atoms with Gasteiger partial charge >= 0.3 is 6.03 Å². The summed E-state index contributed by atoms with van der Waals surface area (Å²) in [6, 6.07) is 11.5. The zero-order valence-corrected chi connectivity index (χ0v) is 13.7. The maximum atomic E-state index is 12.2. The van der Waals surface area contributed by atoms with Gasteiger partial charge < -0.3 is 25.4 Å². The van der Waals surface area contributed by atoms with Crippen molar-refractivity contribution in [1.82, 2.24) is 0 Å². The van der Waals surface area contributed by atoms with E-state index in [-0.39, 0.29) is 5.91 Å². The van der Waals surface area contributed by atoms with Crippen LogP contribution in [0.5, 0.6) is 11.5 Å². The van der Waals surface area contributed by atoms with Gasteiger partial charge in [0, 0.05) is 18.3 Å². The molecule has 126 valence electrons. The van der Waals surface area contributed by atoms with Gasteiger partial charge in [-0.2, -0.15) is 0 Å². The molecule has 7 heteroatoms. The van der Waals surface area contributed by atoms with Crippen LogP contribution in [0.25, 0.3) is 0 Å². The minimum Gasteiger partial charge on any atom is -0.494 e. The van der Waals surface area contributed by atoms with E-state index < -0.39 is 6.03 Å². The van der Waals surface area contributed by atoms with Gasteiger partial charge in [-0.15, -0.1) is 0 Å². The van der Waals surface area contributed by atoms with Gasteiger partial charge in [0.25, 0.3) is 0 Å². The predicted molar refractivity (Wildman–Crippen MR) is 92.9 cm³/mol. The predicted octanol–water partition coefficient (Wildman–Crippen LogP) is 3.31. The lowest BCUT2D eigenvalue weighted by atomic mass is 10.2. The molecule has 3 amide bonds. The van der Waals surface area contributed by atoms with Crippen molar-refractivity contribution in [2.75, 3.05) is 30.2 Å². The van der Waals surface area contributed by atoms with Crippen LogP contribution in [0.1, 0.15) is 6.92 Å². The second-order valence-corrected chi connectivity index (χ2v) is 4.88. The van der Waals surface area contributed by atoms with Crippen LogP contribution in [0, 0.1) is 0 Å². The van der Waals surface area contributed by atoms with Crippen LogP contribution in [-0.4, -0.2) is 26.2 Å². The van der Waals surface area contributed by atoms with Gasteiger partial charge in [0.2, 0.25) is 5.91 Å². The second-order valence-electron chi connectivity index (χ2n) is 4.88. The summed E-state index contributed by atoms with van der Waals surface area (Å²) in [5.74, 6) is 0.827. The number of hydrogen-bond acceptors (Lipinski definition) is 4. The summed E-state index contributed by atoms with van der Waals surface area (Å²) in [6.07, 6.45) is 0. The Morgan fingerprint density at radius 3 is 1.75 bits per heavy atom. The van der Waals surface area contributed by atoms with Crippen molar-refractivity contribution in [1.29, 1.82) is 0 Å². The number of para-hydroxylation sites is 1. The van der Waals surface area contributed by atoms with Crippen LogP contribution in [0.4, 0.5) is 21.9 Å². The first-order chi connectivity index (χ1) is 11.5. The molecule has 0 spiro atoms. The molecule has 3 N–H and O–H groups in total. The third-order valence-electron chi connectivity index (χ3n) is 3.13. The Morgan fingerprint density at radius 2 is 1.29 bits per heavy atom. The van der Waals surface area contributed by atoms with E-state index in [4.69, 9.17) is 9.47 Å². The Bertz CT molecular complexity index is 707. The molecule has 0 fully saturated rings. The standard InChI is InChI=1S/C17H19N3O4/c1-11(21)18-12-7-9-13(10-8-12)19-17(22)20-16-14(23-2)5-4-6-15(16)24-3/h4-10H,1-3H3,(H,18,21)(H2,19,20,22). The number of ether oxygens (including phenoxy) is 2. The average molecular weight is 329 g/mol. The minimum atomic E-state index is -0.440. The van der Waals surface area contributed by atoms with E-state index in [0.717, 1.165) is 0 Å². The zero-order valence-electron chi connectivity index (χ0n) is 13.7. The van der Waals surface area contributed by atoms with E-state index >= 15 is 0 Å². The van der Waals surface area contributed by atoms with Gasteiger partial charge in [0.05, 0.1) is 14.2 Å². The quantitative estimate of drug-likeness (QED) is 0.785. The summed E-state index contributed by atoms with van der Waals surface area (Å²) in [6.45, 7) is 1.43. The Labute approximate surface area is 140 Å². The molecule has 24 heavy (non-hydrogen) atoms. The third kappa shape index (κ3) is 4.39. The first kappa shape index (κ1) is 17.1. The number of hydrogen-bond donors (Lipinski definition) is 3. The van der Waals surface area contributed by atoms with Gasteiger partial charge in [-0.3, -0.25) is 4.79 Å². The van der Waals surface area contributed by atoms with Crippen molar-refractivity contribution in [3.63, 3.8) is 0 Å². The van der Waals surface area contributed by atoms with Crippen LogP contribution < -0.4 is 25.4 Å². The molecule has 0 atom stereocenters. The Balaban J connectivity index is 2.07. The van der Waals surface area contributed by atoms with Gasteiger partial charge in [-0.1, -0.05) is 6.07 Å². The number of anilines is 3. The summed E-state index contributed by atoms with van der Waals surface area (Å²) < 4.78 is 10.5. The summed E-state index contributed by atoms with van der Waals surface area (Å²) >= 11 is 0. The molecule has 0 heterocycles. The van der Waals surface area contributed by atoms with Gasteiger partial charge in [-0.05, 0) is 36.4 Å². The van der Waals surface area contributed by atoms with Crippen LogP contribution >= 0.6 is 0 Å². The van der Waals surface area contributed by atoms with Crippen molar-refractivity contribution in [2.24, 2.45) is 0 Å². The van der Waals surface area contributed by atoms with Gasteiger partial charge in [-0.25, -0.2) is 4.79 Å². The first-order valence-electron chi connectivity index (χ1n) is 7.20. The summed E-state index contributed by atoms with van der Waals surface area (Å²) in [7, 11) is 3.03. The lowest BCUT2D eigenvalue weighted by Crippen LogP contribution is -2.20. The average Bonchev–Trinajstić information content (AvgIpc) is 2.56. The number of rotatable bonds is 5. The topological polar surface area (TPSA) is 88.7 Å². The summed E-state index contributed by atoms with van der Waals surface area (Å²) in [5, 5.41) is 8.06. The van der Waals surface area contributed by atoms with Crippen molar-refractivity contribution in [3.05, 3.63) is 42.5 Å². The minimum absolute atomic E-state index is 0.156. The van der Waals surface area contributed by atoms with Crippen LogP contribution in [-0.2, 0) is 4.79 Å². The van der Waals surface area contributed by atoms with Crippen LogP contribution in [0.3, 0.4) is 0 Å². The fraction of sp³-hybridized carbons (Fsp3) is 0.176. The van der Waals surface area contributed by atoms with Crippen LogP contribution in [0.2, 0.25) is 0 Å². The molecule has 0 bridgehead atoms. The van der Waals surface area contributed by atoms with Gasteiger partial charge in [0.15, 0.2) is 0 Å². The van der Waals surface area contributed by atoms with E-state index in [0.29, 0.717) is 28.6 Å². The highest BCUT2D eigenvalue weighted by molar-refractivity contribution is 6.02. The number of urea groups is 1. The lowest BCUT2D eigenvalue weighted by molar-refractivity contribution is -0.114. The number of methoxy groups -OCH3 is 2. The summed E-state index contributed by atoms with van der Waals surface area (Å²) in [5.41, 5.74) is 1.67. The molecule has 0 unspecified atom stereocenters. The number of benzene rings is 2. The van der Waals surface area contributed by atoms with Gasteiger partial charge in [0.1, 0.15) is 17.2 Å². The number of carbonyl (C=O) groups is 2. The zero-order chi connectivity index (χ0) is 17.5. The van der Waals surface area contributed by atoms with Crippen molar-refractivity contribution >= 4 is 29.0 Å². The highest BCUT2D eigenvalue weighted by atomic mass is 16.5. The first-order valence-corrected chi connectivity index (χ1v) is 7.20. The molecule has 0 radical (unpaired) electrons. The van der Waals surface area contributed by atoms with E-state index in [2.05, 4.69) is 16.0 Å². The Hall–Kier alpha value is -3.22. The molecule has 0 saturated carbocycles. The largest absolute Gasteiger partial charge is 0.494 e. The molecule has 0 aliphatic heterocycles. The second kappa shape index (κ2) is 7.87. The van der Waals surface area contributed by atoms with Crippen molar-refractivity contribution in [3.8, 4) is 11.5 Å². The molecule has 2 aromatic carbocycles. The highest BCUT2D eigenvalue weighted by Gasteiger charge is 2.13. The van der Waals surface area contributed by atoms with Crippen molar-refractivity contribution < 1.29 is 19.1 Å². The molecule has 7 nitrogen and oxygen atoms in total. The number of carbonyl (C=O) groups excluding carboxylic acids is 2. The highest BCUT2D eigenvalue weighted by Crippen LogP contribution is 2.34. The smallest absolute Gasteiger partial charge is 0.323 e. The van der Waals surface area contributed by atoms with E-state index in [1.54, 1.807) is 42.5 Å². The lowest BCUT2D eigenvalue weighted by Gasteiger charge is -2.14. The summed E-state index contributed by atoms with van der Waals surface area (Å²) in [4.78, 5) is 23.2. The molecule has 0 saturated heterocycles.